The quantitative estimate of drug-likeness (QED) is 0.793. The first-order valence-electron chi connectivity index (χ1n) is 6.53. The predicted molar refractivity (Wildman–Crippen MR) is 72.7 cm³/mol. The second-order valence-corrected chi connectivity index (χ2v) is 4.27. The molecule has 0 atom stereocenters. The highest BCUT2D eigenvalue weighted by molar-refractivity contribution is 5.29. The highest BCUT2D eigenvalue weighted by Gasteiger charge is 2.04. The Bertz CT molecular complexity index is 490. The van der Waals surface area contributed by atoms with Crippen LogP contribution < -0.4 is 5.32 Å². The molecule has 0 aliphatic heterocycles. The molecule has 2 rings (SSSR count). The van der Waals surface area contributed by atoms with Crippen molar-refractivity contribution in [1.82, 2.24) is 19.9 Å². The smallest absolute Gasteiger partial charge is 0.138 e. The van der Waals surface area contributed by atoms with E-state index < -0.39 is 0 Å². The van der Waals surface area contributed by atoms with Crippen LogP contribution >= 0.6 is 0 Å². The molecule has 96 valence electrons. The summed E-state index contributed by atoms with van der Waals surface area (Å²) < 4.78 is 2.04. The van der Waals surface area contributed by atoms with Crippen LogP contribution in [0.15, 0.2) is 30.7 Å². The van der Waals surface area contributed by atoms with Crippen molar-refractivity contribution in [3.63, 3.8) is 0 Å². The highest BCUT2D eigenvalue weighted by atomic mass is 15.1. The lowest BCUT2D eigenvalue weighted by Crippen LogP contribution is -2.14. The second-order valence-electron chi connectivity index (χ2n) is 4.27. The number of rotatable bonds is 6. The monoisotopic (exact) mass is 244 g/mol. The van der Waals surface area contributed by atoms with Gasteiger partial charge >= 0.3 is 0 Å². The fraction of sp³-hybridized carbons (Fsp3) is 0.429. The van der Waals surface area contributed by atoms with Crippen LogP contribution in [-0.4, -0.2) is 21.1 Å². The number of hydrogen-bond donors (Lipinski definition) is 1. The van der Waals surface area contributed by atoms with E-state index in [1.54, 1.807) is 0 Å². The van der Waals surface area contributed by atoms with Crippen molar-refractivity contribution in [1.29, 1.82) is 0 Å². The van der Waals surface area contributed by atoms with Crippen molar-refractivity contribution in [2.75, 3.05) is 6.54 Å². The molecule has 4 heteroatoms. The summed E-state index contributed by atoms with van der Waals surface area (Å²) in [6.45, 7) is 6.21. The van der Waals surface area contributed by atoms with Crippen molar-refractivity contribution in [3.8, 4) is 5.82 Å². The summed E-state index contributed by atoms with van der Waals surface area (Å²) in [4.78, 5) is 8.74. The third kappa shape index (κ3) is 2.96. The molecule has 0 saturated heterocycles. The first-order valence-corrected chi connectivity index (χ1v) is 6.53. The lowest BCUT2D eigenvalue weighted by atomic mass is 10.2. The first-order chi connectivity index (χ1) is 8.85. The van der Waals surface area contributed by atoms with Crippen molar-refractivity contribution in [3.05, 3.63) is 42.1 Å². The number of nitrogens with one attached hydrogen (secondary N) is 1. The molecule has 0 fully saturated rings. The largest absolute Gasteiger partial charge is 0.313 e. The lowest BCUT2D eigenvalue weighted by molar-refractivity contribution is 0.674. The molecule has 2 aromatic heterocycles. The molecule has 18 heavy (non-hydrogen) atoms. The van der Waals surface area contributed by atoms with Gasteiger partial charge in [0.05, 0.1) is 0 Å². The molecule has 4 nitrogen and oxygen atoms in total. The molecule has 2 heterocycles. The van der Waals surface area contributed by atoms with Gasteiger partial charge in [0.1, 0.15) is 11.6 Å². The lowest BCUT2D eigenvalue weighted by Gasteiger charge is -2.08. The minimum Gasteiger partial charge on any atom is -0.313 e. The fourth-order valence-corrected chi connectivity index (χ4v) is 1.92. The summed E-state index contributed by atoms with van der Waals surface area (Å²) in [6.07, 6.45) is 7.71. The number of aromatic nitrogens is 3. The van der Waals surface area contributed by atoms with Gasteiger partial charge in [-0.05, 0) is 30.7 Å². The maximum atomic E-state index is 4.41. The highest BCUT2D eigenvalue weighted by Crippen LogP contribution is 2.10. The van der Waals surface area contributed by atoms with Crippen molar-refractivity contribution < 1.29 is 0 Å². The molecule has 2 aromatic rings. The molecule has 0 aliphatic carbocycles. The van der Waals surface area contributed by atoms with Gasteiger partial charge in [-0.25, -0.2) is 9.97 Å². The molecule has 0 radical (unpaired) electrons. The van der Waals surface area contributed by atoms with E-state index in [1.807, 2.05) is 23.2 Å². The van der Waals surface area contributed by atoms with E-state index in [0.29, 0.717) is 0 Å². The topological polar surface area (TPSA) is 42.7 Å². The van der Waals surface area contributed by atoms with E-state index in [0.717, 1.165) is 37.6 Å². The van der Waals surface area contributed by atoms with Crippen LogP contribution in [0.4, 0.5) is 0 Å². The molecular formula is C14H20N4. The summed E-state index contributed by atoms with van der Waals surface area (Å²) in [5.41, 5.74) is 1.25. The minimum atomic E-state index is 0.888. The van der Waals surface area contributed by atoms with Crippen molar-refractivity contribution in [2.45, 2.75) is 33.2 Å². The Morgan fingerprint density at radius 1 is 1.22 bits per heavy atom. The maximum Gasteiger partial charge on any atom is 0.138 e. The van der Waals surface area contributed by atoms with Crippen LogP contribution in [0.3, 0.4) is 0 Å². The number of aryl methyl sites for hydroxylation is 1. The molecule has 0 spiro atoms. The van der Waals surface area contributed by atoms with Gasteiger partial charge in [-0.15, -0.1) is 0 Å². The molecular weight excluding hydrogens is 224 g/mol. The molecule has 0 saturated carbocycles. The van der Waals surface area contributed by atoms with Gasteiger partial charge in [-0.2, -0.15) is 0 Å². The van der Waals surface area contributed by atoms with Gasteiger partial charge in [-0.3, -0.25) is 4.57 Å². The number of pyridine rings is 1. The van der Waals surface area contributed by atoms with Crippen LogP contribution in [0.5, 0.6) is 0 Å². The number of hydrogen-bond acceptors (Lipinski definition) is 3. The number of imidazole rings is 1. The Morgan fingerprint density at radius 3 is 2.89 bits per heavy atom. The van der Waals surface area contributed by atoms with Gasteiger partial charge in [-0.1, -0.05) is 13.8 Å². The Morgan fingerprint density at radius 2 is 2.11 bits per heavy atom. The summed E-state index contributed by atoms with van der Waals surface area (Å²) in [5.74, 6) is 1.99. The third-order valence-electron chi connectivity index (χ3n) is 2.85. The van der Waals surface area contributed by atoms with Crippen LogP contribution in [0.2, 0.25) is 0 Å². The zero-order chi connectivity index (χ0) is 12.8. The second kappa shape index (κ2) is 6.31. The number of nitrogens with zero attached hydrogens (tertiary/aromatic N) is 3. The predicted octanol–water partition coefficient (Wildman–Crippen LogP) is 2.33. The zero-order valence-electron chi connectivity index (χ0n) is 11.1. The summed E-state index contributed by atoms with van der Waals surface area (Å²) in [5, 5.41) is 3.40. The van der Waals surface area contributed by atoms with Gasteiger partial charge in [0.2, 0.25) is 0 Å². The normalized spacial score (nSPS) is 10.8. The molecule has 0 aromatic carbocycles. The Kier molecular flexibility index (Phi) is 4.47. The molecule has 0 aliphatic rings. The Balaban J connectivity index is 2.16. The molecule has 1 N–H and O–H groups in total. The molecule has 0 amide bonds. The van der Waals surface area contributed by atoms with E-state index in [4.69, 9.17) is 0 Å². The Hall–Kier alpha value is -1.68. The third-order valence-corrected chi connectivity index (χ3v) is 2.85. The van der Waals surface area contributed by atoms with E-state index in [9.17, 15) is 0 Å². The summed E-state index contributed by atoms with van der Waals surface area (Å²) >= 11 is 0. The van der Waals surface area contributed by atoms with E-state index >= 15 is 0 Å². The van der Waals surface area contributed by atoms with Crippen molar-refractivity contribution >= 4 is 0 Å². The van der Waals surface area contributed by atoms with E-state index in [-0.39, 0.29) is 0 Å². The van der Waals surface area contributed by atoms with Crippen LogP contribution in [0.1, 0.15) is 31.7 Å². The van der Waals surface area contributed by atoms with Crippen LogP contribution in [-0.2, 0) is 13.0 Å². The van der Waals surface area contributed by atoms with Gasteiger partial charge < -0.3 is 5.32 Å². The Labute approximate surface area is 108 Å². The maximum absolute atomic E-state index is 4.41. The first kappa shape index (κ1) is 12.8. The minimum absolute atomic E-state index is 0.888. The van der Waals surface area contributed by atoms with Gasteiger partial charge in [0.25, 0.3) is 0 Å². The van der Waals surface area contributed by atoms with Crippen LogP contribution in [0, 0.1) is 0 Å². The van der Waals surface area contributed by atoms with Gasteiger partial charge in [0, 0.05) is 31.6 Å². The standard InChI is InChI=1S/C14H20N4/c1-3-6-15-11-12-5-7-16-14(10-12)18-9-8-17-13(18)4-2/h5,7-10,15H,3-4,6,11H2,1-2H3. The van der Waals surface area contributed by atoms with Gasteiger partial charge in [0.15, 0.2) is 0 Å². The summed E-state index contributed by atoms with van der Waals surface area (Å²) in [6, 6.07) is 4.16. The zero-order valence-corrected chi connectivity index (χ0v) is 11.1. The average molecular weight is 244 g/mol. The van der Waals surface area contributed by atoms with Crippen molar-refractivity contribution in [2.24, 2.45) is 0 Å². The van der Waals surface area contributed by atoms with E-state index in [2.05, 4.69) is 41.3 Å². The SMILES string of the molecule is CCCNCc1ccnc(-n2ccnc2CC)c1. The average Bonchev–Trinajstić information content (AvgIpc) is 2.88. The van der Waals surface area contributed by atoms with E-state index in [1.165, 1.54) is 5.56 Å². The van der Waals surface area contributed by atoms with Crippen LogP contribution in [0.25, 0.3) is 5.82 Å². The summed E-state index contributed by atoms with van der Waals surface area (Å²) in [7, 11) is 0. The molecule has 0 bridgehead atoms. The molecule has 0 unspecified atom stereocenters. The fourth-order valence-electron chi connectivity index (χ4n) is 1.92.